The number of pyridine rings is 2. The van der Waals surface area contributed by atoms with Gasteiger partial charge in [-0.3, -0.25) is 0 Å². The second-order valence-corrected chi connectivity index (χ2v) is 4.62. The molecule has 0 aromatic carbocycles. The Balaban J connectivity index is 2.06. The Hall–Kier alpha value is -1.71. The van der Waals surface area contributed by atoms with Crippen molar-refractivity contribution in [1.29, 1.82) is 0 Å². The Morgan fingerprint density at radius 2 is 2.00 bits per heavy atom. The highest BCUT2D eigenvalue weighted by atomic mass is 19.1. The molecule has 0 N–H and O–H groups in total. The van der Waals surface area contributed by atoms with Crippen molar-refractivity contribution in [3.8, 4) is 0 Å². The third-order valence-electron chi connectivity index (χ3n) is 3.15. The predicted octanol–water partition coefficient (Wildman–Crippen LogP) is 2.40. The summed E-state index contributed by atoms with van der Waals surface area (Å²) in [7, 11) is 0. The number of rotatable bonds is 1. The summed E-state index contributed by atoms with van der Waals surface area (Å²) in [5.41, 5.74) is 2.90. The van der Waals surface area contributed by atoms with Gasteiger partial charge >= 0.3 is 0 Å². The molecule has 1 saturated heterocycles. The van der Waals surface area contributed by atoms with E-state index in [9.17, 15) is 4.39 Å². The minimum Gasteiger partial charge on any atom is -0.351 e. The molecule has 1 aliphatic rings. The molecule has 4 heteroatoms. The van der Waals surface area contributed by atoms with Crippen molar-refractivity contribution in [2.75, 3.05) is 18.0 Å². The highest BCUT2D eigenvalue weighted by Crippen LogP contribution is 2.24. The van der Waals surface area contributed by atoms with Crippen molar-refractivity contribution in [1.82, 2.24) is 9.97 Å². The molecule has 17 heavy (non-hydrogen) atoms. The van der Waals surface area contributed by atoms with Gasteiger partial charge < -0.3 is 4.90 Å². The van der Waals surface area contributed by atoms with E-state index in [1.165, 1.54) is 5.56 Å². The molecule has 0 unspecified atom stereocenters. The zero-order valence-corrected chi connectivity index (χ0v) is 9.94. The Labute approximate surface area is 99.3 Å². The molecule has 0 saturated carbocycles. The van der Waals surface area contributed by atoms with Gasteiger partial charge in [-0.1, -0.05) is 0 Å². The van der Waals surface area contributed by atoms with Crippen LogP contribution in [0.5, 0.6) is 0 Å². The van der Waals surface area contributed by atoms with Gasteiger partial charge in [0.05, 0.1) is 13.1 Å². The fourth-order valence-electron chi connectivity index (χ4n) is 2.21. The molecular weight excluding hydrogens is 217 g/mol. The van der Waals surface area contributed by atoms with E-state index in [1.807, 2.05) is 30.0 Å². The first-order chi connectivity index (χ1) is 8.13. The van der Waals surface area contributed by atoms with Crippen molar-refractivity contribution in [2.24, 2.45) is 0 Å². The van der Waals surface area contributed by atoms with Crippen LogP contribution in [0.4, 0.5) is 10.2 Å². The van der Waals surface area contributed by atoms with Gasteiger partial charge in [-0.05, 0) is 37.6 Å². The van der Waals surface area contributed by atoms with Gasteiger partial charge in [0.15, 0.2) is 5.65 Å². The van der Waals surface area contributed by atoms with Crippen molar-refractivity contribution >= 4 is 16.9 Å². The lowest BCUT2D eigenvalue weighted by Gasteiger charge is -2.35. The average molecular weight is 231 g/mol. The zero-order valence-electron chi connectivity index (χ0n) is 9.94. The Morgan fingerprint density at radius 1 is 1.24 bits per heavy atom. The number of fused-ring (bicyclic) bond motifs is 1. The maximum absolute atomic E-state index is 12.8. The van der Waals surface area contributed by atoms with E-state index in [1.54, 1.807) is 0 Å². The van der Waals surface area contributed by atoms with Crippen LogP contribution in [-0.2, 0) is 0 Å². The number of halogens is 1. The SMILES string of the molecule is Cc1cc(C)c2ccc(N3CC(F)C3)nc2n1. The Kier molecular flexibility index (Phi) is 2.24. The van der Waals surface area contributed by atoms with E-state index in [4.69, 9.17) is 0 Å². The van der Waals surface area contributed by atoms with Crippen molar-refractivity contribution in [2.45, 2.75) is 20.0 Å². The predicted molar refractivity (Wildman–Crippen MR) is 66.1 cm³/mol. The first-order valence-corrected chi connectivity index (χ1v) is 5.77. The normalized spacial score (nSPS) is 16.3. The second kappa shape index (κ2) is 3.65. The number of aromatic nitrogens is 2. The third kappa shape index (κ3) is 1.73. The van der Waals surface area contributed by atoms with Crippen LogP contribution in [0.25, 0.3) is 11.0 Å². The van der Waals surface area contributed by atoms with E-state index < -0.39 is 6.17 Å². The highest BCUT2D eigenvalue weighted by molar-refractivity contribution is 5.80. The maximum atomic E-state index is 12.8. The van der Waals surface area contributed by atoms with Gasteiger partial charge in [-0.15, -0.1) is 0 Å². The van der Waals surface area contributed by atoms with Gasteiger partial charge in [0.25, 0.3) is 0 Å². The third-order valence-corrected chi connectivity index (χ3v) is 3.15. The van der Waals surface area contributed by atoms with Crippen LogP contribution in [0.3, 0.4) is 0 Å². The van der Waals surface area contributed by atoms with E-state index in [0.717, 1.165) is 22.5 Å². The van der Waals surface area contributed by atoms with Crippen molar-refractivity contribution in [3.05, 3.63) is 29.5 Å². The quantitative estimate of drug-likeness (QED) is 0.754. The lowest BCUT2D eigenvalue weighted by Crippen LogP contribution is -2.48. The van der Waals surface area contributed by atoms with E-state index in [2.05, 4.69) is 16.9 Å². The highest BCUT2D eigenvalue weighted by Gasteiger charge is 2.27. The van der Waals surface area contributed by atoms with E-state index in [-0.39, 0.29) is 0 Å². The maximum Gasteiger partial charge on any atom is 0.162 e. The first-order valence-electron chi connectivity index (χ1n) is 5.77. The summed E-state index contributed by atoms with van der Waals surface area (Å²) in [4.78, 5) is 10.9. The summed E-state index contributed by atoms with van der Waals surface area (Å²) < 4.78 is 12.8. The van der Waals surface area contributed by atoms with Crippen LogP contribution < -0.4 is 4.90 Å². The lowest BCUT2D eigenvalue weighted by molar-refractivity contribution is 0.273. The van der Waals surface area contributed by atoms with Crippen LogP contribution in [0, 0.1) is 13.8 Å². The molecule has 2 aromatic rings. The van der Waals surface area contributed by atoms with Gasteiger partial charge in [0.2, 0.25) is 0 Å². The lowest BCUT2D eigenvalue weighted by atomic mass is 10.1. The van der Waals surface area contributed by atoms with Crippen LogP contribution in [0.15, 0.2) is 18.2 Å². The molecule has 0 aliphatic carbocycles. The number of hydrogen-bond acceptors (Lipinski definition) is 3. The molecule has 0 spiro atoms. The molecule has 0 bridgehead atoms. The first kappa shape index (κ1) is 10.4. The van der Waals surface area contributed by atoms with E-state index >= 15 is 0 Å². The van der Waals surface area contributed by atoms with Crippen LogP contribution in [0.2, 0.25) is 0 Å². The van der Waals surface area contributed by atoms with Gasteiger partial charge in [0.1, 0.15) is 12.0 Å². The van der Waals surface area contributed by atoms with Gasteiger partial charge in [-0.2, -0.15) is 0 Å². The standard InChI is InChI=1S/C13H14FN3/c1-8-5-9(2)15-13-11(8)3-4-12(16-13)17-6-10(14)7-17/h3-5,10H,6-7H2,1-2H3. The number of aryl methyl sites for hydroxylation is 2. The van der Waals surface area contributed by atoms with Gasteiger partial charge in [0, 0.05) is 11.1 Å². The molecular formula is C13H14FN3. The van der Waals surface area contributed by atoms with E-state index in [0.29, 0.717) is 13.1 Å². The number of anilines is 1. The molecule has 3 rings (SSSR count). The number of nitrogens with zero attached hydrogens (tertiary/aromatic N) is 3. The number of alkyl halides is 1. The fourth-order valence-corrected chi connectivity index (χ4v) is 2.21. The van der Waals surface area contributed by atoms with Gasteiger partial charge in [-0.25, -0.2) is 14.4 Å². The zero-order chi connectivity index (χ0) is 12.0. The Bertz CT molecular complexity index is 576. The smallest absolute Gasteiger partial charge is 0.162 e. The topological polar surface area (TPSA) is 29.0 Å². The summed E-state index contributed by atoms with van der Waals surface area (Å²) in [6.45, 7) is 4.91. The molecule has 1 aliphatic heterocycles. The van der Waals surface area contributed by atoms with Crippen LogP contribution in [-0.4, -0.2) is 29.2 Å². The molecule has 88 valence electrons. The second-order valence-electron chi connectivity index (χ2n) is 4.62. The number of hydrogen-bond donors (Lipinski definition) is 0. The Morgan fingerprint density at radius 3 is 2.71 bits per heavy atom. The summed E-state index contributed by atoms with van der Waals surface area (Å²) >= 11 is 0. The monoisotopic (exact) mass is 231 g/mol. The summed E-state index contributed by atoms with van der Waals surface area (Å²) in [6.07, 6.45) is -0.709. The minimum absolute atomic E-state index is 0.448. The van der Waals surface area contributed by atoms with Crippen LogP contribution >= 0.6 is 0 Å². The largest absolute Gasteiger partial charge is 0.351 e. The molecule has 2 aromatic heterocycles. The molecule has 3 nitrogen and oxygen atoms in total. The average Bonchev–Trinajstić information content (AvgIpc) is 2.23. The minimum atomic E-state index is -0.709. The summed E-state index contributed by atoms with van der Waals surface area (Å²) in [5.74, 6) is 0.823. The molecule has 0 amide bonds. The summed E-state index contributed by atoms with van der Waals surface area (Å²) in [5, 5.41) is 1.07. The fraction of sp³-hybridized carbons (Fsp3) is 0.385. The molecule has 3 heterocycles. The molecule has 0 atom stereocenters. The van der Waals surface area contributed by atoms with Crippen LogP contribution in [0.1, 0.15) is 11.3 Å². The van der Waals surface area contributed by atoms with Crippen molar-refractivity contribution in [3.63, 3.8) is 0 Å². The molecule has 1 fully saturated rings. The summed E-state index contributed by atoms with van der Waals surface area (Å²) in [6, 6.07) is 6.01. The molecule has 0 radical (unpaired) electrons. The van der Waals surface area contributed by atoms with Crippen molar-refractivity contribution < 1.29 is 4.39 Å².